The number of carbonyl (C=O) groups is 2. The van der Waals surface area contributed by atoms with E-state index in [1.54, 1.807) is 5.38 Å². The van der Waals surface area contributed by atoms with Crippen molar-refractivity contribution in [1.29, 1.82) is 0 Å². The smallest absolute Gasteiger partial charge is 0.338 e. The Balaban J connectivity index is 2.22. The van der Waals surface area contributed by atoms with Crippen molar-refractivity contribution >= 4 is 29.0 Å². The highest BCUT2D eigenvalue weighted by Crippen LogP contribution is 2.19. The van der Waals surface area contributed by atoms with Gasteiger partial charge in [0.2, 0.25) is 0 Å². The highest BCUT2D eigenvalue weighted by Gasteiger charge is 2.19. The van der Waals surface area contributed by atoms with E-state index in [0.29, 0.717) is 5.69 Å². The summed E-state index contributed by atoms with van der Waals surface area (Å²) in [6.45, 7) is 1.76. The van der Waals surface area contributed by atoms with Gasteiger partial charge in [0.15, 0.2) is 0 Å². The Morgan fingerprint density at radius 1 is 1.26 bits per heavy atom. The Labute approximate surface area is 134 Å². The molecule has 0 radical (unpaired) electrons. The second-order valence-corrected chi connectivity index (χ2v) is 5.51. The predicted octanol–water partition coefficient (Wildman–Crippen LogP) is 2.50. The summed E-state index contributed by atoms with van der Waals surface area (Å²) in [6.07, 6.45) is 0. The molecule has 0 atom stereocenters. The number of rotatable bonds is 5. The van der Waals surface area contributed by atoms with Crippen molar-refractivity contribution < 1.29 is 24.0 Å². The Kier molecular flexibility index (Phi) is 5.02. The zero-order valence-corrected chi connectivity index (χ0v) is 13.1. The largest absolute Gasteiger partial charge is 0.465 e. The number of carbonyl (C=O) groups excluding carboxylic acids is 2. The van der Waals surface area contributed by atoms with E-state index < -0.39 is 22.5 Å². The average molecular weight is 336 g/mol. The maximum Gasteiger partial charge on any atom is 0.338 e. The Morgan fingerprint density at radius 3 is 2.43 bits per heavy atom. The van der Waals surface area contributed by atoms with Crippen LogP contribution in [-0.2, 0) is 16.1 Å². The summed E-state index contributed by atoms with van der Waals surface area (Å²) in [5.74, 6) is -1.57. The fourth-order valence-corrected chi connectivity index (χ4v) is 2.36. The number of aryl methyl sites for hydroxylation is 1. The third-order valence-corrected chi connectivity index (χ3v) is 3.63. The summed E-state index contributed by atoms with van der Waals surface area (Å²) in [7, 11) is 1.14. The van der Waals surface area contributed by atoms with Crippen LogP contribution < -0.4 is 0 Å². The molecular formula is C14H12N2O6S. The van der Waals surface area contributed by atoms with E-state index in [-0.39, 0.29) is 17.7 Å². The van der Waals surface area contributed by atoms with Crippen LogP contribution in [0, 0.1) is 17.0 Å². The molecule has 23 heavy (non-hydrogen) atoms. The van der Waals surface area contributed by atoms with Crippen LogP contribution in [0.1, 0.15) is 31.4 Å². The van der Waals surface area contributed by atoms with E-state index in [9.17, 15) is 19.7 Å². The molecule has 1 aromatic carbocycles. The van der Waals surface area contributed by atoms with Gasteiger partial charge in [-0.3, -0.25) is 10.1 Å². The fourth-order valence-electron chi connectivity index (χ4n) is 1.77. The molecule has 0 saturated heterocycles. The maximum absolute atomic E-state index is 12.0. The van der Waals surface area contributed by atoms with Crippen molar-refractivity contribution in [2.75, 3.05) is 7.11 Å². The molecule has 1 aromatic heterocycles. The molecule has 0 saturated carbocycles. The van der Waals surface area contributed by atoms with Crippen molar-refractivity contribution in [2.24, 2.45) is 0 Å². The lowest BCUT2D eigenvalue weighted by molar-refractivity contribution is -0.384. The van der Waals surface area contributed by atoms with Gasteiger partial charge in [-0.1, -0.05) is 0 Å². The van der Waals surface area contributed by atoms with Gasteiger partial charge in [0.25, 0.3) is 5.69 Å². The summed E-state index contributed by atoms with van der Waals surface area (Å²) in [5.41, 5.74) is -0.0199. The van der Waals surface area contributed by atoms with E-state index in [0.717, 1.165) is 24.3 Å². The molecule has 0 amide bonds. The Morgan fingerprint density at radius 2 is 1.91 bits per heavy atom. The first-order valence-electron chi connectivity index (χ1n) is 6.36. The topological polar surface area (TPSA) is 109 Å². The van der Waals surface area contributed by atoms with Gasteiger partial charge < -0.3 is 9.47 Å². The van der Waals surface area contributed by atoms with Crippen molar-refractivity contribution in [3.63, 3.8) is 0 Å². The number of nitrogens with zero attached hydrogens (tertiary/aromatic N) is 2. The summed E-state index contributed by atoms with van der Waals surface area (Å²) >= 11 is 1.41. The molecule has 0 aliphatic carbocycles. The molecule has 2 rings (SSSR count). The van der Waals surface area contributed by atoms with Gasteiger partial charge >= 0.3 is 11.9 Å². The van der Waals surface area contributed by atoms with E-state index >= 15 is 0 Å². The van der Waals surface area contributed by atoms with Gasteiger partial charge in [-0.2, -0.15) is 0 Å². The summed E-state index contributed by atoms with van der Waals surface area (Å²) in [6, 6.07) is 3.26. The van der Waals surface area contributed by atoms with Crippen LogP contribution in [-0.4, -0.2) is 29.0 Å². The first-order valence-corrected chi connectivity index (χ1v) is 7.24. The first-order chi connectivity index (χ1) is 10.9. The van der Waals surface area contributed by atoms with Crippen LogP contribution in [0.5, 0.6) is 0 Å². The van der Waals surface area contributed by atoms with Gasteiger partial charge in [-0.05, 0) is 13.0 Å². The monoisotopic (exact) mass is 336 g/mol. The lowest BCUT2D eigenvalue weighted by atomic mass is 10.1. The second kappa shape index (κ2) is 6.97. The zero-order valence-electron chi connectivity index (χ0n) is 12.3. The molecule has 0 unspecified atom stereocenters. The Bertz CT molecular complexity index is 770. The van der Waals surface area contributed by atoms with Crippen LogP contribution in [0.25, 0.3) is 0 Å². The van der Waals surface area contributed by atoms with Gasteiger partial charge in [0.05, 0.1) is 33.9 Å². The van der Waals surface area contributed by atoms with Crippen LogP contribution in [0.3, 0.4) is 0 Å². The number of nitro groups is 1. The van der Waals surface area contributed by atoms with Gasteiger partial charge in [-0.25, -0.2) is 14.6 Å². The molecular weight excluding hydrogens is 324 g/mol. The number of non-ortho nitro benzene ring substituents is 1. The molecule has 9 heteroatoms. The molecule has 1 heterocycles. The molecule has 120 valence electrons. The minimum absolute atomic E-state index is 0.0561. The number of benzene rings is 1. The number of hydrogen-bond donors (Lipinski definition) is 0. The van der Waals surface area contributed by atoms with Crippen LogP contribution >= 0.6 is 11.3 Å². The first kappa shape index (κ1) is 16.6. The highest BCUT2D eigenvalue weighted by molar-refractivity contribution is 7.09. The minimum Gasteiger partial charge on any atom is -0.465 e. The summed E-state index contributed by atoms with van der Waals surface area (Å²) in [5, 5.41) is 13.5. The Hall–Kier alpha value is -2.81. The lowest BCUT2D eigenvalue weighted by Crippen LogP contribution is -2.09. The van der Waals surface area contributed by atoms with Crippen molar-refractivity contribution in [3.05, 3.63) is 55.5 Å². The molecule has 0 N–H and O–H groups in total. The SMILES string of the molecule is COC(=O)c1cc(C(=O)OCc2csc(C)n2)cc([N+](=O)[O-])c1. The zero-order chi connectivity index (χ0) is 17.0. The number of methoxy groups -OCH3 is 1. The third-order valence-electron chi connectivity index (χ3n) is 2.80. The van der Waals surface area contributed by atoms with Crippen LogP contribution in [0.15, 0.2) is 23.6 Å². The maximum atomic E-state index is 12.0. The van der Waals surface area contributed by atoms with Crippen molar-refractivity contribution in [2.45, 2.75) is 13.5 Å². The molecule has 0 aliphatic heterocycles. The predicted molar refractivity (Wildman–Crippen MR) is 80.4 cm³/mol. The molecule has 2 aromatic rings. The average Bonchev–Trinajstić information content (AvgIpc) is 2.96. The van der Waals surface area contributed by atoms with E-state index in [2.05, 4.69) is 9.72 Å². The number of aromatic nitrogens is 1. The van der Waals surface area contributed by atoms with Gasteiger partial charge in [0, 0.05) is 17.5 Å². The second-order valence-electron chi connectivity index (χ2n) is 4.45. The highest BCUT2D eigenvalue weighted by atomic mass is 32.1. The van der Waals surface area contributed by atoms with Crippen molar-refractivity contribution in [1.82, 2.24) is 4.98 Å². The van der Waals surface area contributed by atoms with E-state index in [4.69, 9.17) is 4.74 Å². The lowest BCUT2D eigenvalue weighted by Gasteiger charge is -2.05. The molecule has 0 bridgehead atoms. The fraction of sp³-hybridized carbons (Fsp3) is 0.214. The van der Waals surface area contributed by atoms with Gasteiger partial charge in [-0.15, -0.1) is 11.3 Å². The number of nitro benzene ring substituents is 1. The van der Waals surface area contributed by atoms with Crippen LogP contribution in [0.2, 0.25) is 0 Å². The van der Waals surface area contributed by atoms with E-state index in [1.165, 1.54) is 17.4 Å². The minimum atomic E-state index is -0.787. The molecule has 8 nitrogen and oxygen atoms in total. The number of esters is 2. The number of hydrogen-bond acceptors (Lipinski definition) is 8. The molecule has 0 spiro atoms. The van der Waals surface area contributed by atoms with Crippen LogP contribution in [0.4, 0.5) is 5.69 Å². The quantitative estimate of drug-likeness (QED) is 0.469. The molecule has 0 fully saturated rings. The van der Waals surface area contributed by atoms with Crippen molar-refractivity contribution in [3.8, 4) is 0 Å². The third kappa shape index (κ3) is 4.10. The normalized spacial score (nSPS) is 10.2. The summed E-state index contributed by atoms with van der Waals surface area (Å²) in [4.78, 5) is 37.9. The standard InChI is InChI=1S/C14H12N2O6S/c1-8-15-11(7-23-8)6-22-14(18)10-3-9(13(17)21-2)4-12(5-10)16(19)20/h3-5,7H,6H2,1-2H3. The summed E-state index contributed by atoms with van der Waals surface area (Å²) < 4.78 is 9.58. The van der Waals surface area contributed by atoms with Gasteiger partial charge in [0.1, 0.15) is 6.61 Å². The number of ether oxygens (including phenoxy) is 2. The van der Waals surface area contributed by atoms with E-state index in [1.807, 2.05) is 6.92 Å². The molecule has 0 aliphatic rings. The number of thiazole rings is 1.